The molecule has 0 saturated carbocycles. The van der Waals surface area contributed by atoms with Gasteiger partial charge in [-0.15, -0.1) is 0 Å². The summed E-state index contributed by atoms with van der Waals surface area (Å²) in [6.07, 6.45) is 5.51. The van der Waals surface area contributed by atoms with Crippen LogP contribution in [-0.4, -0.2) is 67.2 Å². The zero-order valence-electron chi connectivity index (χ0n) is 27.8. The summed E-state index contributed by atoms with van der Waals surface area (Å²) in [6, 6.07) is 15.9. The number of amides is 1. The molecule has 0 radical (unpaired) electrons. The van der Waals surface area contributed by atoms with Gasteiger partial charge < -0.3 is 33.7 Å². The molecule has 0 aromatic heterocycles. The maximum Gasteiger partial charge on any atom is 0.410 e. The number of aryl methyl sites for hydroxylation is 1. The van der Waals surface area contributed by atoms with Gasteiger partial charge in [-0.25, -0.2) is 4.79 Å². The standard InChI is InChI=1S/C37H46N2O7/c1-25-19-32-33(45-24-44-32)21-27(25)13-14-31-30-20-28(22-40)34(43-23-26-11-8-7-9-12-26)35(42-6)29(30)15-18-39(31)17-10-16-38(5)36(41)46-37(2,3)4/h7-9,11-14,19-21,31,40H,10,15-18,22-24H2,1-6H3/b14-13+. The predicted octanol–water partition coefficient (Wildman–Crippen LogP) is 6.67. The molecule has 0 saturated heterocycles. The fourth-order valence-corrected chi connectivity index (χ4v) is 5.94. The predicted molar refractivity (Wildman–Crippen MR) is 178 cm³/mol. The van der Waals surface area contributed by atoms with Crippen molar-refractivity contribution in [1.29, 1.82) is 0 Å². The summed E-state index contributed by atoms with van der Waals surface area (Å²) < 4.78 is 29.1. The number of benzene rings is 3. The van der Waals surface area contributed by atoms with E-state index in [0.29, 0.717) is 30.2 Å². The zero-order chi connectivity index (χ0) is 32.8. The third kappa shape index (κ3) is 7.77. The molecule has 0 bridgehead atoms. The third-order valence-corrected chi connectivity index (χ3v) is 8.28. The Morgan fingerprint density at radius 1 is 1.11 bits per heavy atom. The Hall–Kier alpha value is -4.21. The van der Waals surface area contributed by atoms with Crippen molar-refractivity contribution in [3.8, 4) is 23.0 Å². The number of aliphatic hydroxyl groups excluding tert-OH is 1. The first-order chi connectivity index (χ1) is 22.1. The van der Waals surface area contributed by atoms with Gasteiger partial charge in [-0.2, -0.15) is 0 Å². The van der Waals surface area contributed by atoms with Crippen LogP contribution >= 0.6 is 0 Å². The summed E-state index contributed by atoms with van der Waals surface area (Å²) >= 11 is 0. The van der Waals surface area contributed by atoms with Crippen LogP contribution in [0.5, 0.6) is 23.0 Å². The zero-order valence-corrected chi connectivity index (χ0v) is 27.8. The molecule has 0 spiro atoms. The van der Waals surface area contributed by atoms with Gasteiger partial charge in [0.15, 0.2) is 23.0 Å². The lowest BCUT2D eigenvalue weighted by Gasteiger charge is -2.37. The van der Waals surface area contributed by atoms with Crippen molar-refractivity contribution >= 4 is 12.2 Å². The molecular weight excluding hydrogens is 584 g/mol. The Bertz CT molecular complexity index is 1550. The lowest BCUT2D eigenvalue weighted by Crippen LogP contribution is -2.38. The van der Waals surface area contributed by atoms with Crippen molar-refractivity contribution in [3.05, 3.63) is 88.0 Å². The van der Waals surface area contributed by atoms with Crippen LogP contribution in [0.15, 0.2) is 54.6 Å². The van der Waals surface area contributed by atoms with Crippen LogP contribution in [-0.2, 0) is 24.4 Å². The number of nitrogens with zero attached hydrogens (tertiary/aromatic N) is 2. The molecule has 1 unspecified atom stereocenters. The van der Waals surface area contributed by atoms with Crippen molar-refractivity contribution in [2.45, 2.75) is 65.4 Å². The Balaban J connectivity index is 1.45. The first-order valence-electron chi connectivity index (χ1n) is 15.8. The van der Waals surface area contributed by atoms with E-state index in [4.69, 9.17) is 23.7 Å². The average molecular weight is 631 g/mol. The fraction of sp³-hybridized carbons (Fsp3) is 0.432. The highest BCUT2D eigenvalue weighted by Crippen LogP contribution is 2.44. The van der Waals surface area contributed by atoms with Gasteiger partial charge >= 0.3 is 6.09 Å². The van der Waals surface area contributed by atoms with Crippen LogP contribution in [0.3, 0.4) is 0 Å². The molecule has 1 atom stereocenters. The molecule has 0 aliphatic carbocycles. The lowest BCUT2D eigenvalue weighted by molar-refractivity contribution is 0.0291. The van der Waals surface area contributed by atoms with Crippen molar-refractivity contribution < 1.29 is 33.6 Å². The van der Waals surface area contributed by atoms with Crippen molar-refractivity contribution in [3.63, 3.8) is 0 Å². The Kier molecular flexibility index (Phi) is 10.4. The Labute approximate surface area is 272 Å². The summed E-state index contributed by atoms with van der Waals surface area (Å²) in [4.78, 5) is 16.6. The monoisotopic (exact) mass is 630 g/mol. The van der Waals surface area contributed by atoms with Crippen LogP contribution in [0.1, 0.15) is 66.6 Å². The molecule has 2 aliphatic heterocycles. The molecule has 9 heteroatoms. The number of ether oxygens (including phenoxy) is 5. The fourth-order valence-electron chi connectivity index (χ4n) is 5.94. The van der Waals surface area contributed by atoms with Gasteiger partial charge in [-0.3, -0.25) is 4.90 Å². The van der Waals surface area contributed by atoms with E-state index < -0.39 is 5.60 Å². The molecule has 1 N–H and O–H groups in total. The average Bonchev–Trinajstić information content (AvgIpc) is 3.48. The number of methoxy groups -OCH3 is 1. The third-order valence-electron chi connectivity index (χ3n) is 8.28. The number of hydrogen-bond acceptors (Lipinski definition) is 8. The summed E-state index contributed by atoms with van der Waals surface area (Å²) in [5.41, 5.74) is 5.43. The molecule has 0 fully saturated rings. The van der Waals surface area contributed by atoms with E-state index in [9.17, 15) is 9.90 Å². The molecule has 2 aliphatic rings. The highest BCUT2D eigenvalue weighted by atomic mass is 16.7. The van der Waals surface area contributed by atoms with Gasteiger partial charge in [0.2, 0.25) is 6.79 Å². The first kappa shape index (κ1) is 33.2. The summed E-state index contributed by atoms with van der Waals surface area (Å²) in [7, 11) is 3.43. The van der Waals surface area contributed by atoms with E-state index in [2.05, 4.69) is 30.0 Å². The maximum atomic E-state index is 12.6. The summed E-state index contributed by atoms with van der Waals surface area (Å²) in [6.45, 7) is 10.2. The van der Waals surface area contributed by atoms with E-state index in [0.717, 1.165) is 65.2 Å². The SMILES string of the molecule is COc1c2c(cc(CO)c1OCc1ccccc1)C(/C=C/c1cc3c(cc1C)OCO3)N(CCCN(C)C(=O)OC(C)(C)C)CC2. The first-order valence-corrected chi connectivity index (χ1v) is 15.8. The largest absolute Gasteiger partial charge is 0.493 e. The number of hydrogen-bond donors (Lipinski definition) is 1. The Morgan fingerprint density at radius 2 is 1.85 bits per heavy atom. The highest BCUT2D eigenvalue weighted by molar-refractivity contribution is 5.67. The van der Waals surface area contributed by atoms with Crippen LogP contribution in [0.25, 0.3) is 6.08 Å². The molecular formula is C37H46N2O7. The van der Waals surface area contributed by atoms with E-state index in [-0.39, 0.29) is 25.5 Å². The normalized spacial score (nSPS) is 15.9. The topological polar surface area (TPSA) is 89.9 Å². The Morgan fingerprint density at radius 3 is 2.54 bits per heavy atom. The van der Waals surface area contributed by atoms with Gasteiger partial charge in [0.25, 0.3) is 0 Å². The van der Waals surface area contributed by atoms with Crippen molar-refractivity contribution in [2.75, 3.05) is 40.6 Å². The van der Waals surface area contributed by atoms with Crippen LogP contribution in [0, 0.1) is 6.92 Å². The van der Waals surface area contributed by atoms with E-state index in [1.54, 1.807) is 19.1 Å². The highest BCUT2D eigenvalue weighted by Gasteiger charge is 2.31. The number of carbonyl (C=O) groups excluding carboxylic acids is 1. The van der Waals surface area contributed by atoms with E-state index >= 15 is 0 Å². The van der Waals surface area contributed by atoms with Crippen LogP contribution in [0.4, 0.5) is 4.79 Å². The van der Waals surface area contributed by atoms with Gasteiger partial charge in [0.1, 0.15) is 12.2 Å². The second kappa shape index (κ2) is 14.5. The molecule has 1 amide bonds. The maximum absolute atomic E-state index is 12.6. The molecule has 2 heterocycles. The molecule has 9 nitrogen and oxygen atoms in total. The van der Waals surface area contributed by atoms with Crippen LogP contribution in [0.2, 0.25) is 0 Å². The molecule has 3 aromatic carbocycles. The molecule has 5 rings (SSSR count). The van der Waals surface area contributed by atoms with Crippen molar-refractivity contribution in [1.82, 2.24) is 9.80 Å². The summed E-state index contributed by atoms with van der Waals surface area (Å²) in [5.74, 6) is 2.74. The smallest absolute Gasteiger partial charge is 0.410 e. The number of carbonyl (C=O) groups is 1. The van der Waals surface area contributed by atoms with Gasteiger partial charge in [-0.1, -0.05) is 42.5 Å². The van der Waals surface area contributed by atoms with Crippen LogP contribution < -0.4 is 18.9 Å². The molecule has 246 valence electrons. The second-order valence-electron chi connectivity index (χ2n) is 12.8. The quantitative estimate of drug-likeness (QED) is 0.251. The number of fused-ring (bicyclic) bond motifs is 2. The molecule has 3 aromatic rings. The minimum Gasteiger partial charge on any atom is -0.493 e. The number of rotatable bonds is 11. The summed E-state index contributed by atoms with van der Waals surface area (Å²) in [5, 5.41) is 10.5. The lowest BCUT2D eigenvalue weighted by atomic mass is 9.88. The molecule has 46 heavy (non-hydrogen) atoms. The van der Waals surface area contributed by atoms with E-state index in [1.165, 1.54) is 0 Å². The van der Waals surface area contributed by atoms with Gasteiger partial charge in [0.05, 0.1) is 19.8 Å². The number of aliphatic hydroxyl groups is 1. The van der Waals surface area contributed by atoms with Gasteiger partial charge in [-0.05, 0) is 81.0 Å². The van der Waals surface area contributed by atoms with Gasteiger partial charge in [0, 0.05) is 37.8 Å². The van der Waals surface area contributed by atoms with E-state index in [1.807, 2.05) is 63.2 Å². The minimum absolute atomic E-state index is 0.109. The van der Waals surface area contributed by atoms with Crippen molar-refractivity contribution in [2.24, 2.45) is 0 Å². The minimum atomic E-state index is -0.544. The second-order valence-corrected chi connectivity index (χ2v) is 12.8.